The molecule has 0 atom stereocenters. The van der Waals surface area contributed by atoms with E-state index in [9.17, 15) is 13.2 Å². The monoisotopic (exact) mass is 454 g/mol. The van der Waals surface area contributed by atoms with Gasteiger partial charge in [-0.05, 0) is 42.5 Å². The number of halogens is 1. The first kappa shape index (κ1) is 19.8. The molecule has 9 heteroatoms. The van der Waals surface area contributed by atoms with Crippen molar-refractivity contribution in [2.75, 3.05) is 38.2 Å². The van der Waals surface area contributed by atoms with Crippen molar-refractivity contribution in [3.63, 3.8) is 0 Å². The predicted molar refractivity (Wildman–Crippen MR) is 104 cm³/mol. The number of rotatable bonds is 6. The Morgan fingerprint density at radius 2 is 1.85 bits per heavy atom. The van der Waals surface area contributed by atoms with Gasteiger partial charge in [-0.25, -0.2) is 8.42 Å². The van der Waals surface area contributed by atoms with Gasteiger partial charge >= 0.3 is 0 Å². The number of nitrogens with zero attached hydrogens (tertiary/aromatic N) is 1. The van der Waals surface area contributed by atoms with Crippen molar-refractivity contribution < 1.29 is 22.7 Å². The minimum absolute atomic E-state index is 0.135. The van der Waals surface area contributed by atoms with Gasteiger partial charge in [-0.3, -0.25) is 4.79 Å². The Bertz CT molecular complexity index is 896. The van der Waals surface area contributed by atoms with Crippen LogP contribution in [0.3, 0.4) is 0 Å². The number of ether oxygens (including phenoxy) is 2. The molecule has 1 N–H and O–H groups in total. The SMILES string of the molecule is O=C(COc1ccc(Br)cc1)Nc1cccc(S(=O)(=O)N2CCOCC2)c1. The van der Waals surface area contributed by atoms with Gasteiger partial charge in [0.2, 0.25) is 10.0 Å². The first-order valence-electron chi connectivity index (χ1n) is 8.31. The molecule has 0 aliphatic carbocycles. The van der Waals surface area contributed by atoms with Gasteiger partial charge in [-0.2, -0.15) is 4.31 Å². The Morgan fingerprint density at radius 3 is 2.56 bits per heavy atom. The van der Waals surface area contributed by atoms with Gasteiger partial charge in [-0.15, -0.1) is 0 Å². The van der Waals surface area contributed by atoms with Gasteiger partial charge in [0, 0.05) is 23.2 Å². The third-order valence-electron chi connectivity index (χ3n) is 3.91. The molecular weight excluding hydrogens is 436 g/mol. The van der Waals surface area contributed by atoms with Crippen LogP contribution in [-0.4, -0.2) is 51.5 Å². The molecule has 0 aromatic heterocycles. The Labute approximate surface area is 166 Å². The fourth-order valence-electron chi connectivity index (χ4n) is 2.55. The largest absolute Gasteiger partial charge is 0.484 e. The molecule has 0 radical (unpaired) electrons. The van der Waals surface area contributed by atoms with E-state index in [1.54, 1.807) is 24.3 Å². The van der Waals surface area contributed by atoms with E-state index in [2.05, 4.69) is 21.2 Å². The maximum Gasteiger partial charge on any atom is 0.262 e. The Morgan fingerprint density at radius 1 is 1.15 bits per heavy atom. The normalized spacial score (nSPS) is 15.3. The summed E-state index contributed by atoms with van der Waals surface area (Å²) in [6.45, 7) is 1.22. The third kappa shape index (κ3) is 5.29. The summed E-state index contributed by atoms with van der Waals surface area (Å²) >= 11 is 3.33. The first-order valence-corrected chi connectivity index (χ1v) is 10.5. The van der Waals surface area contributed by atoms with Crippen LogP contribution in [0.4, 0.5) is 5.69 Å². The van der Waals surface area contributed by atoms with E-state index in [4.69, 9.17) is 9.47 Å². The van der Waals surface area contributed by atoms with E-state index in [1.165, 1.54) is 16.4 Å². The highest BCUT2D eigenvalue weighted by Gasteiger charge is 2.26. The molecule has 2 aromatic rings. The molecule has 1 heterocycles. The van der Waals surface area contributed by atoms with Gasteiger partial charge in [0.1, 0.15) is 5.75 Å². The lowest BCUT2D eigenvalue weighted by atomic mass is 10.3. The molecule has 0 unspecified atom stereocenters. The summed E-state index contributed by atoms with van der Waals surface area (Å²) in [7, 11) is -3.61. The fourth-order valence-corrected chi connectivity index (χ4v) is 4.27. The van der Waals surface area contributed by atoms with Crippen LogP contribution in [-0.2, 0) is 19.6 Å². The van der Waals surface area contributed by atoms with Crippen LogP contribution in [0.15, 0.2) is 57.9 Å². The minimum Gasteiger partial charge on any atom is -0.484 e. The zero-order valence-corrected chi connectivity index (χ0v) is 16.8. The zero-order chi connectivity index (χ0) is 19.3. The number of carbonyl (C=O) groups is 1. The second-order valence-electron chi connectivity index (χ2n) is 5.84. The number of benzene rings is 2. The number of sulfonamides is 1. The van der Waals surface area contributed by atoms with Gasteiger partial charge in [0.15, 0.2) is 6.61 Å². The van der Waals surface area contributed by atoms with E-state index in [0.29, 0.717) is 37.7 Å². The highest BCUT2D eigenvalue weighted by atomic mass is 79.9. The fraction of sp³-hybridized carbons (Fsp3) is 0.278. The molecule has 27 heavy (non-hydrogen) atoms. The number of hydrogen-bond acceptors (Lipinski definition) is 5. The van der Waals surface area contributed by atoms with Gasteiger partial charge in [0.05, 0.1) is 18.1 Å². The number of anilines is 1. The van der Waals surface area contributed by atoms with Crippen molar-refractivity contribution in [2.24, 2.45) is 0 Å². The topological polar surface area (TPSA) is 84.9 Å². The molecule has 0 bridgehead atoms. The Hall–Kier alpha value is -1.94. The second-order valence-corrected chi connectivity index (χ2v) is 8.69. The van der Waals surface area contributed by atoms with Crippen molar-refractivity contribution in [2.45, 2.75) is 4.90 Å². The van der Waals surface area contributed by atoms with Crippen molar-refractivity contribution in [3.05, 3.63) is 53.0 Å². The van der Waals surface area contributed by atoms with Crippen LogP contribution >= 0.6 is 15.9 Å². The minimum atomic E-state index is -3.61. The van der Waals surface area contributed by atoms with Crippen molar-refractivity contribution in [1.29, 1.82) is 0 Å². The molecule has 1 aliphatic heterocycles. The van der Waals surface area contributed by atoms with Crippen molar-refractivity contribution in [1.82, 2.24) is 4.31 Å². The predicted octanol–water partition coefficient (Wildman–Crippen LogP) is 2.49. The van der Waals surface area contributed by atoms with Crippen LogP contribution in [0.25, 0.3) is 0 Å². The third-order valence-corrected chi connectivity index (χ3v) is 6.33. The number of hydrogen-bond donors (Lipinski definition) is 1. The lowest BCUT2D eigenvalue weighted by molar-refractivity contribution is -0.118. The van der Waals surface area contributed by atoms with Crippen molar-refractivity contribution in [3.8, 4) is 5.75 Å². The van der Waals surface area contributed by atoms with E-state index < -0.39 is 10.0 Å². The van der Waals surface area contributed by atoms with Crippen LogP contribution in [0, 0.1) is 0 Å². The summed E-state index contributed by atoms with van der Waals surface area (Å²) in [6.07, 6.45) is 0. The van der Waals surface area contributed by atoms with E-state index in [0.717, 1.165) is 4.47 Å². The summed E-state index contributed by atoms with van der Waals surface area (Å²) in [5, 5.41) is 2.66. The molecule has 7 nitrogen and oxygen atoms in total. The van der Waals surface area contributed by atoms with Gasteiger partial charge in [-0.1, -0.05) is 22.0 Å². The van der Waals surface area contributed by atoms with Crippen LogP contribution in [0.2, 0.25) is 0 Å². The first-order chi connectivity index (χ1) is 12.9. The standard InChI is InChI=1S/C18H19BrN2O5S/c19-14-4-6-16(7-5-14)26-13-18(22)20-15-2-1-3-17(12-15)27(23,24)21-8-10-25-11-9-21/h1-7,12H,8-11,13H2,(H,20,22). The van der Waals surface area contributed by atoms with Crippen LogP contribution in [0.5, 0.6) is 5.75 Å². The number of nitrogens with one attached hydrogen (secondary N) is 1. The quantitative estimate of drug-likeness (QED) is 0.724. The number of carbonyl (C=O) groups excluding carboxylic acids is 1. The lowest BCUT2D eigenvalue weighted by Crippen LogP contribution is -2.40. The summed E-state index contributed by atoms with van der Waals surface area (Å²) in [6, 6.07) is 13.3. The molecular formula is C18H19BrN2O5S. The smallest absolute Gasteiger partial charge is 0.262 e. The average molecular weight is 455 g/mol. The van der Waals surface area contributed by atoms with Crippen LogP contribution < -0.4 is 10.1 Å². The van der Waals surface area contributed by atoms with E-state index >= 15 is 0 Å². The molecule has 1 saturated heterocycles. The van der Waals surface area contributed by atoms with E-state index in [1.807, 2.05) is 12.1 Å². The molecule has 0 saturated carbocycles. The second kappa shape index (κ2) is 8.83. The van der Waals surface area contributed by atoms with Crippen molar-refractivity contribution >= 4 is 37.5 Å². The summed E-state index contributed by atoms with van der Waals surface area (Å²) in [4.78, 5) is 12.2. The number of morpholine rings is 1. The van der Waals surface area contributed by atoms with E-state index in [-0.39, 0.29) is 17.4 Å². The van der Waals surface area contributed by atoms with Gasteiger partial charge in [0.25, 0.3) is 5.91 Å². The Balaban J connectivity index is 1.63. The molecule has 2 aromatic carbocycles. The van der Waals surface area contributed by atoms with Crippen LogP contribution in [0.1, 0.15) is 0 Å². The molecule has 1 aliphatic rings. The average Bonchev–Trinajstić information content (AvgIpc) is 2.68. The highest BCUT2D eigenvalue weighted by Crippen LogP contribution is 2.21. The lowest BCUT2D eigenvalue weighted by Gasteiger charge is -2.26. The zero-order valence-electron chi connectivity index (χ0n) is 14.4. The molecule has 1 fully saturated rings. The number of amides is 1. The molecule has 1 amide bonds. The summed E-state index contributed by atoms with van der Waals surface area (Å²) < 4.78 is 38.3. The highest BCUT2D eigenvalue weighted by molar-refractivity contribution is 9.10. The summed E-state index contributed by atoms with van der Waals surface area (Å²) in [5.74, 6) is 0.191. The molecule has 144 valence electrons. The van der Waals surface area contributed by atoms with Gasteiger partial charge < -0.3 is 14.8 Å². The maximum atomic E-state index is 12.7. The summed E-state index contributed by atoms with van der Waals surface area (Å²) in [5.41, 5.74) is 0.397. The maximum absolute atomic E-state index is 12.7. The Kier molecular flexibility index (Phi) is 6.48. The molecule has 0 spiro atoms. The molecule has 3 rings (SSSR count).